The third-order valence-corrected chi connectivity index (χ3v) is 5.44. The normalized spacial score (nSPS) is 15.7. The number of carbonyl (C=O) groups is 1. The molecule has 0 radical (unpaired) electrons. The summed E-state index contributed by atoms with van der Waals surface area (Å²) in [6.07, 6.45) is 1.45. The van der Waals surface area contributed by atoms with Gasteiger partial charge in [-0.2, -0.15) is 5.10 Å². The van der Waals surface area contributed by atoms with E-state index in [0.717, 1.165) is 5.56 Å². The summed E-state index contributed by atoms with van der Waals surface area (Å²) in [5, 5.41) is 12.1. The smallest absolute Gasteiger partial charge is 0.269 e. The summed E-state index contributed by atoms with van der Waals surface area (Å²) in [6.45, 7) is 2.69. The van der Waals surface area contributed by atoms with Gasteiger partial charge in [0.05, 0.1) is 22.3 Å². The standard InChI is InChI=1S/C21H18Cl2N4O2/c1-13-4-2-3-5-15(13)12-27-9-8-20(25-27)24-21(28)19-11-18(26-29-19)14-6-7-16(22)17(23)10-14/h2-10,19H,11-12H2,1H3,(H,24,25,28)/t19-/m0/s1. The van der Waals surface area contributed by atoms with Crippen molar-refractivity contribution in [1.82, 2.24) is 9.78 Å². The molecule has 1 aromatic heterocycles. The Morgan fingerprint density at radius 2 is 2.03 bits per heavy atom. The van der Waals surface area contributed by atoms with Crippen LogP contribution in [-0.2, 0) is 16.2 Å². The Bertz CT molecular complexity index is 1090. The minimum Gasteiger partial charge on any atom is -0.382 e. The van der Waals surface area contributed by atoms with Gasteiger partial charge in [0, 0.05) is 24.2 Å². The Balaban J connectivity index is 1.36. The van der Waals surface area contributed by atoms with Crippen LogP contribution in [0.1, 0.15) is 23.1 Å². The van der Waals surface area contributed by atoms with E-state index in [9.17, 15) is 4.79 Å². The highest BCUT2D eigenvalue weighted by atomic mass is 35.5. The number of hydrogen-bond acceptors (Lipinski definition) is 4. The van der Waals surface area contributed by atoms with E-state index in [1.165, 1.54) is 11.1 Å². The van der Waals surface area contributed by atoms with Crippen molar-refractivity contribution in [3.63, 3.8) is 0 Å². The maximum absolute atomic E-state index is 12.5. The van der Waals surface area contributed by atoms with Crippen LogP contribution in [0.3, 0.4) is 0 Å². The minimum absolute atomic E-state index is 0.301. The number of hydrogen-bond donors (Lipinski definition) is 1. The average molecular weight is 429 g/mol. The second kappa shape index (κ2) is 8.27. The molecule has 29 heavy (non-hydrogen) atoms. The molecule has 1 aliphatic heterocycles. The van der Waals surface area contributed by atoms with Crippen molar-refractivity contribution in [1.29, 1.82) is 0 Å². The topological polar surface area (TPSA) is 68.5 Å². The number of carbonyl (C=O) groups excluding carboxylic acids is 1. The van der Waals surface area contributed by atoms with Crippen molar-refractivity contribution in [3.05, 3.63) is 81.5 Å². The fraction of sp³-hybridized carbons (Fsp3) is 0.190. The molecule has 0 saturated carbocycles. The highest BCUT2D eigenvalue weighted by molar-refractivity contribution is 6.42. The van der Waals surface area contributed by atoms with Crippen molar-refractivity contribution in [3.8, 4) is 0 Å². The van der Waals surface area contributed by atoms with Gasteiger partial charge in [-0.1, -0.05) is 58.7 Å². The predicted molar refractivity (Wildman–Crippen MR) is 114 cm³/mol. The van der Waals surface area contributed by atoms with Gasteiger partial charge in [-0.05, 0) is 30.2 Å². The number of benzene rings is 2. The molecular formula is C21H18Cl2N4O2. The van der Waals surface area contributed by atoms with Crippen LogP contribution in [0.5, 0.6) is 0 Å². The highest BCUT2D eigenvalue weighted by Crippen LogP contribution is 2.26. The maximum Gasteiger partial charge on any atom is 0.269 e. The Kier molecular flexibility index (Phi) is 5.56. The fourth-order valence-electron chi connectivity index (χ4n) is 3.05. The lowest BCUT2D eigenvalue weighted by molar-refractivity contribution is -0.125. The number of nitrogens with zero attached hydrogens (tertiary/aromatic N) is 3. The van der Waals surface area contributed by atoms with Crippen LogP contribution in [0.25, 0.3) is 0 Å². The van der Waals surface area contributed by atoms with Crippen molar-refractivity contribution in [2.24, 2.45) is 5.16 Å². The molecule has 3 aromatic rings. The monoisotopic (exact) mass is 428 g/mol. The lowest BCUT2D eigenvalue weighted by Crippen LogP contribution is -2.28. The molecule has 8 heteroatoms. The average Bonchev–Trinajstić information content (AvgIpc) is 3.36. The molecule has 0 spiro atoms. The number of anilines is 1. The zero-order valence-corrected chi connectivity index (χ0v) is 17.1. The van der Waals surface area contributed by atoms with Gasteiger partial charge in [0.15, 0.2) is 5.82 Å². The lowest BCUT2D eigenvalue weighted by Gasteiger charge is -2.08. The SMILES string of the molecule is Cc1ccccc1Cn1ccc(NC(=O)[C@@H]2CC(c3ccc(Cl)c(Cl)c3)=NO2)n1. The van der Waals surface area contributed by atoms with E-state index in [1.54, 1.807) is 28.9 Å². The van der Waals surface area contributed by atoms with Gasteiger partial charge in [0.2, 0.25) is 6.10 Å². The van der Waals surface area contributed by atoms with Crippen LogP contribution in [0.15, 0.2) is 59.9 Å². The number of aromatic nitrogens is 2. The molecule has 2 aromatic carbocycles. The first kappa shape index (κ1) is 19.5. The first-order valence-electron chi connectivity index (χ1n) is 9.06. The van der Waals surface area contributed by atoms with Gasteiger partial charge in [0.25, 0.3) is 5.91 Å². The van der Waals surface area contributed by atoms with Gasteiger partial charge in [-0.3, -0.25) is 9.48 Å². The number of nitrogens with one attached hydrogen (secondary N) is 1. The summed E-state index contributed by atoms with van der Waals surface area (Å²) in [5.74, 6) is 0.167. The zero-order chi connectivity index (χ0) is 20.4. The van der Waals surface area contributed by atoms with Crippen LogP contribution >= 0.6 is 23.2 Å². The van der Waals surface area contributed by atoms with Crippen molar-refractivity contribution in [2.75, 3.05) is 5.32 Å². The van der Waals surface area contributed by atoms with Gasteiger partial charge in [-0.15, -0.1) is 0 Å². The third-order valence-electron chi connectivity index (χ3n) is 4.70. The Labute approximate surface area is 178 Å². The van der Waals surface area contributed by atoms with Crippen LogP contribution in [0.4, 0.5) is 5.82 Å². The lowest BCUT2D eigenvalue weighted by atomic mass is 10.0. The summed E-state index contributed by atoms with van der Waals surface area (Å²) < 4.78 is 1.78. The number of oxime groups is 1. The van der Waals surface area contributed by atoms with Gasteiger partial charge in [-0.25, -0.2) is 0 Å². The fourth-order valence-corrected chi connectivity index (χ4v) is 3.35. The summed E-state index contributed by atoms with van der Waals surface area (Å²) in [4.78, 5) is 17.8. The van der Waals surface area contributed by atoms with Crippen LogP contribution in [0, 0.1) is 6.92 Å². The molecule has 1 aliphatic rings. The molecule has 0 saturated heterocycles. The van der Waals surface area contributed by atoms with Gasteiger partial charge < -0.3 is 10.2 Å². The number of rotatable bonds is 5. The first-order valence-corrected chi connectivity index (χ1v) is 9.82. The molecular weight excluding hydrogens is 411 g/mol. The molecule has 0 bridgehead atoms. The van der Waals surface area contributed by atoms with Crippen LogP contribution in [-0.4, -0.2) is 27.5 Å². The molecule has 1 atom stereocenters. The Morgan fingerprint density at radius 3 is 2.83 bits per heavy atom. The molecule has 1 N–H and O–H groups in total. The van der Waals surface area contributed by atoms with Crippen molar-refractivity contribution in [2.45, 2.75) is 26.0 Å². The summed E-state index contributed by atoms with van der Waals surface area (Å²) >= 11 is 12.0. The molecule has 148 valence electrons. The van der Waals surface area contributed by atoms with Crippen LogP contribution in [0.2, 0.25) is 10.0 Å². The first-order chi connectivity index (χ1) is 14.0. The van der Waals surface area contributed by atoms with E-state index in [1.807, 2.05) is 18.3 Å². The number of aryl methyl sites for hydroxylation is 1. The molecule has 6 nitrogen and oxygen atoms in total. The molecule has 0 aliphatic carbocycles. The second-order valence-corrected chi connectivity index (χ2v) is 7.59. The quantitative estimate of drug-likeness (QED) is 0.641. The van der Waals surface area contributed by atoms with E-state index in [2.05, 4.69) is 34.6 Å². The Hall–Kier alpha value is -2.83. The molecule has 1 amide bonds. The third kappa shape index (κ3) is 4.44. The summed E-state index contributed by atoms with van der Waals surface area (Å²) in [6, 6.07) is 15.1. The molecule has 0 fully saturated rings. The van der Waals surface area contributed by atoms with E-state index in [4.69, 9.17) is 28.0 Å². The summed E-state index contributed by atoms with van der Waals surface area (Å²) in [7, 11) is 0. The molecule has 0 unspecified atom stereocenters. The van der Waals surface area contributed by atoms with Crippen molar-refractivity contribution < 1.29 is 9.63 Å². The highest BCUT2D eigenvalue weighted by Gasteiger charge is 2.29. The zero-order valence-electron chi connectivity index (χ0n) is 15.6. The largest absolute Gasteiger partial charge is 0.382 e. The number of halogens is 2. The van der Waals surface area contributed by atoms with Gasteiger partial charge in [0.1, 0.15) is 0 Å². The molecule has 2 heterocycles. The van der Waals surface area contributed by atoms with Gasteiger partial charge >= 0.3 is 0 Å². The predicted octanol–water partition coefficient (Wildman–Crippen LogP) is 4.68. The second-order valence-electron chi connectivity index (χ2n) is 6.78. The number of amides is 1. The van der Waals surface area contributed by atoms with E-state index in [0.29, 0.717) is 34.5 Å². The van der Waals surface area contributed by atoms with E-state index >= 15 is 0 Å². The molecule has 4 rings (SSSR count). The minimum atomic E-state index is -0.721. The summed E-state index contributed by atoms with van der Waals surface area (Å²) in [5.41, 5.74) is 3.79. The van der Waals surface area contributed by atoms with E-state index < -0.39 is 6.10 Å². The van der Waals surface area contributed by atoms with E-state index in [-0.39, 0.29) is 5.91 Å². The van der Waals surface area contributed by atoms with Crippen molar-refractivity contribution >= 4 is 40.6 Å². The van der Waals surface area contributed by atoms with Crippen LogP contribution < -0.4 is 5.32 Å². The Morgan fingerprint density at radius 1 is 1.21 bits per heavy atom. The maximum atomic E-state index is 12.5.